The first-order valence-electron chi connectivity index (χ1n) is 8.28. The number of piperidine rings is 1. The third-order valence-corrected chi connectivity index (χ3v) is 4.92. The fraction of sp³-hybridized carbons (Fsp3) is 0.875. The van der Waals surface area contributed by atoms with E-state index in [1.54, 1.807) is 0 Å². The smallest absolute Gasteiger partial charge is 0.320 e. The number of likely N-dealkylation sites (N-methyl/N-ethyl adjacent to an activating group) is 1. The Labute approximate surface area is 127 Å². The molecule has 0 radical (unpaired) electrons. The molecule has 5 heteroatoms. The lowest BCUT2D eigenvalue weighted by Crippen LogP contribution is -2.49. The van der Waals surface area contributed by atoms with Gasteiger partial charge in [-0.05, 0) is 38.1 Å². The Hall–Kier alpha value is -1.10. The number of carbonyl (C=O) groups is 2. The molecule has 120 valence electrons. The van der Waals surface area contributed by atoms with Gasteiger partial charge in [-0.2, -0.15) is 0 Å². The van der Waals surface area contributed by atoms with Crippen LogP contribution < -0.4 is 0 Å². The summed E-state index contributed by atoms with van der Waals surface area (Å²) in [5.41, 5.74) is 0. The van der Waals surface area contributed by atoms with Gasteiger partial charge in [-0.15, -0.1) is 0 Å². The largest absolute Gasteiger partial charge is 0.480 e. The monoisotopic (exact) mass is 296 g/mol. The normalized spacial score (nSPS) is 24.7. The van der Waals surface area contributed by atoms with Crippen molar-refractivity contribution in [3.05, 3.63) is 0 Å². The molecule has 0 aromatic rings. The van der Waals surface area contributed by atoms with Crippen molar-refractivity contribution in [3.63, 3.8) is 0 Å². The number of hydrogen-bond acceptors (Lipinski definition) is 3. The molecule has 1 saturated heterocycles. The standard InChI is InChI=1S/C16H28N2O3/c1-17(11-13-7-3-2-4-8-13)15(19)12-18-10-6-5-9-14(18)16(20)21/h13-14H,2-12H2,1H3,(H,20,21). The van der Waals surface area contributed by atoms with Crippen LogP contribution in [0.3, 0.4) is 0 Å². The minimum Gasteiger partial charge on any atom is -0.480 e. The average molecular weight is 296 g/mol. The molecule has 1 saturated carbocycles. The molecule has 0 aromatic carbocycles. The number of rotatable bonds is 5. The van der Waals surface area contributed by atoms with Gasteiger partial charge in [0.05, 0.1) is 6.54 Å². The van der Waals surface area contributed by atoms with E-state index >= 15 is 0 Å². The van der Waals surface area contributed by atoms with E-state index in [0.29, 0.717) is 12.3 Å². The van der Waals surface area contributed by atoms with Crippen molar-refractivity contribution < 1.29 is 14.7 Å². The molecule has 1 aliphatic heterocycles. The van der Waals surface area contributed by atoms with Crippen LogP contribution in [0.4, 0.5) is 0 Å². The summed E-state index contributed by atoms with van der Waals surface area (Å²) >= 11 is 0. The van der Waals surface area contributed by atoms with Gasteiger partial charge in [0.2, 0.25) is 5.91 Å². The Morgan fingerprint density at radius 1 is 1.10 bits per heavy atom. The zero-order valence-corrected chi connectivity index (χ0v) is 13.1. The molecule has 1 aliphatic carbocycles. The number of amides is 1. The highest BCUT2D eigenvalue weighted by Gasteiger charge is 2.30. The summed E-state index contributed by atoms with van der Waals surface area (Å²) in [4.78, 5) is 27.3. The summed E-state index contributed by atoms with van der Waals surface area (Å²) in [5, 5.41) is 9.25. The van der Waals surface area contributed by atoms with Crippen LogP contribution in [0.2, 0.25) is 0 Å². The molecule has 1 atom stereocenters. The van der Waals surface area contributed by atoms with Gasteiger partial charge in [0, 0.05) is 13.6 Å². The second-order valence-corrected chi connectivity index (χ2v) is 6.60. The first kappa shape index (κ1) is 16.3. The molecule has 0 aromatic heterocycles. The van der Waals surface area contributed by atoms with E-state index in [2.05, 4.69) is 0 Å². The van der Waals surface area contributed by atoms with Crippen LogP contribution in [-0.4, -0.2) is 59.5 Å². The molecule has 1 amide bonds. The van der Waals surface area contributed by atoms with Crippen LogP contribution in [0.15, 0.2) is 0 Å². The lowest BCUT2D eigenvalue weighted by Gasteiger charge is -2.34. The molecule has 2 rings (SSSR count). The number of carboxylic acids is 1. The fourth-order valence-corrected chi connectivity index (χ4v) is 3.61. The van der Waals surface area contributed by atoms with E-state index in [0.717, 1.165) is 25.9 Å². The topological polar surface area (TPSA) is 60.9 Å². The highest BCUT2D eigenvalue weighted by molar-refractivity contribution is 5.80. The van der Waals surface area contributed by atoms with E-state index in [1.807, 2.05) is 16.8 Å². The van der Waals surface area contributed by atoms with Crippen LogP contribution in [0.25, 0.3) is 0 Å². The summed E-state index contributed by atoms with van der Waals surface area (Å²) < 4.78 is 0. The fourth-order valence-electron chi connectivity index (χ4n) is 3.61. The molecular weight excluding hydrogens is 268 g/mol. The molecule has 21 heavy (non-hydrogen) atoms. The highest BCUT2D eigenvalue weighted by Crippen LogP contribution is 2.24. The molecular formula is C16H28N2O3. The number of nitrogens with zero attached hydrogens (tertiary/aromatic N) is 2. The summed E-state index contributed by atoms with van der Waals surface area (Å²) in [6, 6.07) is -0.481. The number of carbonyl (C=O) groups excluding carboxylic acids is 1. The summed E-state index contributed by atoms with van der Waals surface area (Å²) in [7, 11) is 1.86. The van der Waals surface area contributed by atoms with Crippen molar-refractivity contribution in [1.82, 2.24) is 9.80 Å². The SMILES string of the molecule is CN(CC1CCCCC1)C(=O)CN1CCCCC1C(=O)O. The minimum atomic E-state index is -0.794. The van der Waals surface area contributed by atoms with Gasteiger partial charge >= 0.3 is 5.97 Å². The molecule has 1 N–H and O–H groups in total. The molecule has 2 aliphatic rings. The van der Waals surface area contributed by atoms with Crippen molar-refractivity contribution in [2.24, 2.45) is 5.92 Å². The molecule has 1 unspecified atom stereocenters. The molecule has 0 bridgehead atoms. The van der Waals surface area contributed by atoms with Crippen LogP contribution in [0.1, 0.15) is 51.4 Å². The van der Waals surface area contributed by atoms with Crippen LogP contribution >= 0.6 is 0 Å². The van der Waals surface area contributed by atoms with Crippen molar-refractivity contribution in [3.8, 4) is 0 Å². The number of aliphatic carboxylic acids is 1. The van der Waals surface area contributed by atoms with Gasteiger partial charge in [0.15, 0.2) is 0 Å². The van der Waals surface area contributed by atoms with Gasteiger partial charge in [-0.25, -0.2) is 0 Å². The zero-order valence-electron chi connectivity index (χ0n) is 13.1. The second kappa shape index (κ2) is 7.78. The third-order valence-electron chi connectivity index (χ3n) is 4.92. The Bertz CT molecular complexity index is 367. The second-order valence-electron chi connectivity index (χ2n) is 6.60. The zero-order chi connectivity index (χ0) is 15.2. The van der Waals surface area contributed by atoms with E-state index in [-0.39, 0.29) is 12.5 Å². The highest BCUT2D eigenvalue weighted by atomic mass is 16.4. The maximum atomic E-state index is 12.3. The maximum Gasteiger partial charge on any atom is 0.320 e. The first-order valence-corrected chi connectivity index (χ1v) is 8.28. The number of hydrogen-bond donors (Lipinski definition) is 1. The Kier molecular flexibility index (Phi) is 6.03. The van der Waals surface area contributed by atoms with Crippen molar-refractivity contribution in [1.29, 1.82) is 0 Å². The summed E-state index contributed by atoms with van der Waals surface area (Å²) in [5.74, 6) is -0.101. The Balaban J connectivity index is 1.82. The molecule has 2 fully saturated rings. The Morgan fingerprint density at radius 2 is 1.76 bits per heavy atom. The quantitative estimate of drug-likeness (QED) is 0.842. The van der Waals surface area contributed by atoms with Crippen molar-refractivity contribution in [2.75, 3.05) is 26.7 Å². The van der Waals surface area contributed by atoms with Crippen LogP contribution in [0, 0.1) is 5.92 Å². The van der Waals surface area contributed by atoms with E-state index < -0.39 is 12.0 Å². The Morgan fingerprint density at radius 3 is 2.43 bits per heavy atom. The predicted octanol–water partition coefficient (Wildman–Crippen LogP) is 1.96. The lowest BCUT2D eigenvalue weighted by atomic mass is 9.89. The van der Waals surface area contributed by atoms with Gasteiger partial charge < -0.3 is 10.0 Å². The first-order chi connectivity index (χ1) is 10.1. The van der Waals surface area contributed by atoms with Gasteiger partial charge in [-0.1, -0.05) is 25.7 Å². The van der Waals surface area contributed by atoms with E-state index in [1.165, 1.54) is 32.1 Å². The van der Waals surface area contributed by atoms with E-state index in [4.69, 9.17) is 0 Å². The maximum absolute atomic E-state index is 12.3. The number of carboxylic acid groups (broad SMARTS) is 1. The van der Waals surface area contributed by atoms with Crippen LogP contribution in [0.5, 0.6) is 0 Å². The van der Waals surface area contributed by atoms with Crippen molar-refractivity contribution >= 4 is 11.9 Å². The predicted molar refractivity (Wildman–Crippen MR) is 81.1 cm³/mol. The molecule has 5 nitrogen and oxygen atoms in total. The van der Waals surface area contributed by atoms with Gasteiger partial charge in [0.1, 0.15) is 6.04 Å². The number of likely N-dealkylation sites (tertiary alicyclic amines) is 1. The molecule has 0 spiro atoms. The average Bonchev–Trinajstić information content (AvgIpc) is 2.48. The molecule has 1 heterocycles. The minimum absolute atomic E-state index is 0.0636. The summed E-state index contributed by atoms with van der Waals surface area (Å²) in [6.07, 6.45) is 8.91. The third kappa shape index (κ3) is 4.70. The van der Waals surface area contributed by atoms with Gasteiger partial charge in [-0.3, -0.25) is 14.5 Å². The van der Waals surface area contributed by atoms with Crippen LogP contribution in [-0.2, 0) is 9.59 Å². The summed E-state index contributed by atoms with van der Waals surface area (Å²) in [6.45, 7) is 1.80. The lowest BCUT2D eigenvalue weighted by molar-refractivity contribution is -0.146. The van der Waals surface area contributed by atoms with Gasteiger partial charge in [0.25, 0.3) is 0 Å². The van der Waals surface area contributed by atoms with Crippen molar-refractivity contribution in [2.45, 2.75) is 57.4 Å². The van der Waals surface area contributed by atoms with E-state index in [9.17, 15) is 14.7 Å².